The normalized spacial score (nSPS) is 18.3. The maximum absolute atomic E-state index is 11.8. The van der Waals surface area contributed by atoms with E-state index in [0.29, 0.717) is 62.1 Å². The number of hydrogen-bond donors (Lipinski definition) is 2. The second kappa shape index (κ2) is 22.4. The third-order valence-corrected chi connectivity index (χ3v) is 10.5. The van der Waals surface area contributed by atoms with Crippen molar-refractivity contribution in [3.05, 3.63) is 34.2 Å². The molecule has 316 valence electrons. The molecule has 3 aromatic rings. The van der Waals surface area contributed by atoms with Crippen molar-refractivity contribution in [3.8, 4) is 23.9 Å². The summed E-state index contributed by atoms with van der Waals surface area (Å²) in [5.41, 5.74) is 6.59. The second-order valence-electron chi connectivity index (χ2n) is 14.7. The summed E-state index contributed by atoms with van der Waals surface area (Å²) in [6, 6.07) is 4.57. The monoisotopic (exact) mass is 802 g/mol. The van der Waals surface area contributed by atoms with Gasteiger partial charge in [0, 0.05) is 95.2 Å². The first-order valence-electron chi connectivity index (χ1n) is 20.4. The zero-order valence-corrected chi connectivity index (χ0v) is 34.2. The molecule has 0 saturated carbocycles. The van der Waals surface area contributed by atoms with Gasteiger partial charge in [0.1, 0.15) is 11.6 Å². The number of hydrazine groups is 1. The van der Waals surface area contributed by atoms with Gasteiger partial charge in [0.25, 0.3) is 11.9 Å². The maximum Gasteiger partial charge on any atom is 0.303 e. The van der Waals surface area contributed by atoms with Gasteiger partial charge in [0.05, 0.1) is 12.1 Å². The number of nitrogens with one attached hydrogen (secondary N) is 1. The minimum absolute atomic E-state index is 0. The average Bonchev–Trinajstić information content (AvgIpc) is 4.00. The number of hydrogen-bond acceptors (Lipinski definition) is 16. The summed E-state index contributed by atoms with van der Waals surface area (Å²) >= 11 is 0. The van der Waals surface area contributed by atoms with Crippen molar-refractivity contribution in [1.29, 1.82) is 10.5 Å². The fraction of sp³-hybridized carbons (Fsp3) is 0.683. The van der Waals surface area contributed by atoms with E-state index in [2.05, 4.69) is 52.5 Å². The fourth-order valence-corrected chi connectivity index (χ4v) is 8.01. The van der Waals surface area contributed by atoms with E-state index >= 15 is 0 Å². The van der Waals surface area contributed by atoms with Gasteiger partial charge < -0.3 is 28.4 Å². The van der Waals surface area contributed by atoms with Gasteiger partial charge in [-0.25, -0.2) is 25.8 Å². The molecule has 2 fully saturated rings. The molecule has 0 bridgehead atoms. The SMILES string of the molecule is C.CCOC(C)(OCC)OCC.Cc1nnc(-c2nc3c(c(N4CCC[C@@H](CC#N)C4)n2)CCC3)o1.N#CC[C@@H]1CCCN(c2nc(C(=O)NN)nc3c2CCC3)C1. The first-order chi connectivity index (χ1) is 27.6. The van der Waals surface area contributed by atoms with E-state index in [1.54, 1.807) is 13.8 Å². The molecule has 2 aliphatic heterocycles. The van der Waals surface area contributed by atoms with E-state index in [0.717, 1.165) is 119 Å². The maximum atomic E-state index is 11.8. The minimum atomic E-state index is -0.849. The van der Waals surface area contributed by atoms with Crippen molar-refractivity contribution < 1.29 is 23.4 Å². The van der Waals surface area contributed by atoms with Crippen molar-refractivity contribution >= 4 is 17.5 Å². The molecular formula is C41H62N12O5. The summed E-state index contributed by atoms with van der Waals surface area (Å²) in [5.74, 6) is 8.13. The quantitative estimate of drug-likeness (QED) is 0.0989. The van der Waals surface area contributed by atoms with Crippen molar-refractivity contribution in [2.75, 3.05) is 55.8 Å². The van der Waals surface area contributed by atoms with Crippen LogP contribution < -0.4 is 21.1 Å². The van der Waals surface area contributed by atoms with Gasteiger partial charge in [-0.1, -0.05) is 7.43 Å². The van der Waals surface area contributed by atoms with Crippen molar-refractivity contribution in [1.82, 2.24) is 35.6 Å². The molecule has 1 amide bonds. The number of aromatic nitrogens is 6. The topological polar surface area (TPSA) is 227 Å². The van der Waals surface area contributed by atoms with Gasteiger partial charge in [-0.15, -0.1) is 10.2 Å². The van der Waals surface area contributed by atoms with Crippen molar-refractivity contribution in [3.63, 3.8) is 0 Å². The average molecular weight is 803 g/mol. The molecule has 17 heteroatoms. The Bertz CT molecular complexity index is 1860. The highest BCUT2D eigenvalue weighted by atomic mass is 16.9. The van der Waals surface area contributed by atoms with Gasteiger partial charge in [-0.05, 0) is 96.8 Å². The predicted molar refractivity (Wildman–Crippen MR) is 218 cm³/mol. The van der Waals surface area contributed by atoms with Crippen molar-refractivity contribution in [2.45, 2.75) is 125 Å². The molecular weight excluding hydrogens is 741 g/mol. The summed E-state index contributed by atoms with van der Waals surface area (Å²) in [4.78, 5) is 34.6. The summed E-state index contributed by atoms with van der Waals surface area (Å²) in [6.45, 7) is 14.7. The summed E-state index contributed by atoms with van der Waals surface area (Å²) in [5, 5.41) is 25.9. The molecule has 5 heterocycles. The van der Waals surface area contributed by atoms with Gasteiger partial charge in [0.15, 0.2) is 0 Å². The molecule has 0 radical (unpaired) electrons. The molecule has 3 N–H and O–H groups in total. The van der Waals surface area contributed by atoms with Gasteiger partial charge in [-0.2, -0.15) is 10.5 Å². The highest BCUT2D eigenvalue weighted by Gasteiger charge is 2.30. The number of anilines is 2. The smallest absolute Gasteiger partial charge is 0.303 e. The lowest BCUT2D eigenvalue weighted by atomic mass is 9.95. The van der Waals surface area contributed by atoms with Crippen LogP contribution in [0.15, 0.2) is 4.42 Å². The van der Waals surface area contributed by atoms with Crippen molar-refractivity contribution in [2.24, 2.45) is 17.7 Å². The van der Waals surface area contributed by atoms with Crippen LogP contribution in [-0.2, 0) is 39.9 Å². The third-order valence-electron chi connectivity index (χ3n) is 10.5. The molecule has 58 heavy (non-hydrogen) atoms. The van der Waals surface area contributed by atoms with Crippen LogP contribution in [0.3, 0.4) is 0 Å². The number of nitriles is 2. The largest absolute Gasteiger partial charge is 0.418 e. The van der Waals surface area contributed by atoms with Crippen LogP contribution in [0, 0.1) is 41.4 Å². The Morgan fingerprint density at radius 2 is 1.33 bits per heavy atom. The standard InChI is InChI=1S/C17H20N6O.C15H20N6O.C8H18O3.CH4/c1-11-21-22-17(24-11)15-19-14-6-2-5-13(14)16(20-15)23-9-3-4-12(10-23)7-8-18;16-7-6-10-3-2-8-21(9-10)14-11-4-1-5-12(11)18-13(19-14)15(22)20-17;1-5-9-8(4,10-6-2)11-7-3;/h12H,2-7,9-10H2,1H3;10H,1-6,8-9,17H2,(H,20,22);5-7H2,1-4H3;1H4/t12-;10-;;/m00../s1. The predicted octanol–water partition coefficient (Wildman–Crippen LogP) is 5.56. The number of amides is 1. The minimum Gasteiger partial charge on any atom is -0.418 e. The molecule has 2 saturated heterocycles. The first kappa shape index (κ1) is 45.9. The molecule has 0 aromatic carbocycles. The Morgan fingerprint density at radius 3 is 1.79 bits per heavy atom. The first-order valence-corrected chi connectivity index (χ1v) is 20.4. The van der Waals surface area contributed by atoms with Crippen LogP contribution in [0.5, 0.6) is 0 Å². The van der Waals surface area contributed by atoms with Crippen LogP contribution in [-0.4, -0.2) is 88.0 Å². The van der Waals surface area contributed by atoms with Gasteiger partial charge >= 0.3 is 5.91 Å². The molecule has 0 unspecified atom stereocenters. The zero-order chi connectivity index (χ0) is 40.8. The Labute approximate surface area is 343 Å². The van der Waals surface area contributed by atoms with Gasteiger partial charge in [0.2, 0.25) is 17.5 Å². The molecule has 2 atom stereocenters. The summed E-state index contributed by atoms with van der Waals surface area (Å²) in [7, 11) is 0. The van der Waals surface area contributed by atoms with E-state index < -0.39 is 11.9 Å². The Morgan fingerprint density at radius 1 is 0.810 bits per heavy atom. The molecule has 4 aliphatic rings. The molecule has 7 rings (SSSR count). The molecule has 3 aromatic heterocycles. The van der Waals surface area contributed by atoms with Crippen LogP contribution in [0.1, 0.15) is 126 Å². The van der Waals surface area contributed by atoms with E-state index in [-0.39, 0.29) is 13.3 Å². The zero-order valence-electron chi connectivity index (χ0n) is 34.2. The van der Waals surface area contributed by atoms with E-state index in [1.807, 2.05) is 20.8 Å². The number of ether oxygens (including phenoxy) is 3. The number of aryl methyl sites for hydroxylation is 3. The van der Waals surface area contributed by atoms with Crippen LogP contribution in [0.4, 0.5) is 11.6 Å². The molecule has 2 aliphatic carbocycles. The highest BCUT2D eigenvalue weighted by molar-refractivity contribution is 5.90. The van der Waals surface area contributed by atoms with Crippen LogP contribution in [0.2, 0.25) is 0 Å². The number of nitrogens with zero attached hydrogens (tertiary/aromatic N) is 10. The van der Waals surface area contributed by atoms with Crippen LogP contribution in [0.25, 0.3) is 11.7 Å². The summed E-state index contributed by atoms with van der Waals surface area (Å²) in [6.07, 6.45) is 11.5. The number of piperidine rings is 2. The van der Waals surface area contributed by atoms with E-state index in [4.69, 9.17) is 40.0 Å². The van der Waals surface area contributed by atoms with E-state index in [1.165, 1.54) is 5.56 Å². The van der Waals surface area contributed by atoms with E-state index in [9.17, 15) is 4.79 Å². The number of carbonyl (C=O) groups excluding carboxylic acids is 1. The summed E-state index contributed by atoms with van der Waals surface area (Å²) < 4.78 is 21.3. The Balaban J connectivity index is 0.000000204. The Kier molecular flexibility index (Phi) is 17.7. The molecule has 0 spiro atoms. The molecule has 17 nitrogen and oxygen atoms in total. The number of fused-ring (bicyclic) bond motifs is 2. The second-order valence-corrected chi connectivity index (χ2v) is 14.7. The Hall–Kier alpha value is -4.81. The third kappa shape index (κ3) is 11.9. The lowest BCUT2D eigenvalue weighted by molar-refractivity contribution is -0.365. The lowest BCUT2D eigenvalue weighted by Crippen LogP contribution is -2.38. The lowest BCUT2D eigenvalue weighted by Gasteiger charge is -2.33. The van der Waals surface area contributed by atoms with Gasteiger partial charge in [-0.3, -0.25) is 10.2 Å². The number of carbonyl (C=O) groups is 1. The number of rotatable bonds is 12. The highest BCUT2D eigenvalue weighted by Crippen LogP contribution is 2.34. The van der Waals surface area contributed by atoms with Crippen LogP contribution >= 0.6 is 0 Å². The number of nitrogen functional groups attached to an aromatic ring is 1. The fourth-order valence-electron chi connectivity index (χ4n) is 8.01. The number of nitrogens with two attached hydrogens (primary N) is 1.